The second-order valence-electron chi connectivity index (χ2n) is 5.43. The molecule has 1 aromatic carbocycles. The molecular formula is C17H19FN4O6. The zero-order valence-corrected chi connectivity index (χ0v) is 15.2. The van der Waals surface area contributed by atoms with Crippen LogP contribution in [0.25, 0.3) is 5.69 Å². The van der Waals surface area contributed by atoms with Crippen molar-refractivity contribution in [3.63, 3.8) is 0 Å². The van der Waals surface area contributed by atoms with Crippen molar-refractivity contribution in [3.05, 3.63) is 56.6 Å². The first kappa shape index (κ1) is 20.8. The van der Waals surface area contributed by atoms with Crippen molar-refractivity contribution in [1.82, 2.24) is 14.9 Å². The molecule has 2 amide bonds. The molecule has 2 aromatic rings. The molecule has 10 nitrogen and oxygen atoms in total. The molecule has 0 saturated carbocycles. The van der Waals surface area contributed by atoms with Gasteiger partial charge in [0, 0.05) is 25.9 Å². The van der Waals surface area contributed by atoms with E-state index >= 15 is 0 Å². The summed E-state index contributed by atoms with van der Waals surface area (Å²) in [5, 5.41) is 4.78. The number of aromatic amines is 1. The Labute approximate surface area is 158 Å². The van der Waals surface area contributed by atoms with Gasteiger partial charge in [0.25, 0.3) is 5.56 Å². The third-order valence-corrected chi connectivity index (χ3v) is 3.51. The number of aromatic nitrogens is 2. The Morgan fingerprint density at radius 2 is 2.04 bits per heavy atom. The number of hydrogen-bond acceptors (Lipinski definition) is 6. The van der Waals surface area contributed by atoms with Gasteiger partial charge in [0.2, 0.25) is 0 Å². The number of amides is 2. The zero-order valence-electron chi connectivity index (χ0n) is 15.2. The third-order valence-electron chi connectivity index (χ3n) is 3.51. The highest BCUT2D eigenvalue weighted by Crippen LogP contribution is 2.17. The Kier molecular flexibility index (Phi) is 7.04. The molecule has 1 heterocycles. The van der Waals surface area contributed by atoms with E-state index in [1.54, 1.807) is 6.92 Å². The maximum Gasteiger partial charge on any atom is 0.345 e. The van der Waals surface area contributed by atoms with Gasteiger partial charge in [-0.2, -0.15) is 0 Å². The van der Waals surface area contributed by atoms with E-state index in [1.165, 1.54) is 19.2 Å². The van der Waals surface area contributed by atoms with E-state index in [4.69, 9.17) is 9.47 Å². The maximum atomic E-state index is 14.3. The van der Waals surface area contributed by atoms with Crippen molar-refractivity contribution in [2.45, 2.75) is 6.92 Å². The van der Waals surface area contributed by atoms with Crippen LogP contribution in [0.15, 0.2) is 34.0 Å². The summed E-state index contributed by atoms with van der Waals surface area (Å²) in [4.78, 5) is 49.3. The van der Waals surface area contributed by atoms with Crippen LogP contribution < -0.4 is 21.9 Å². The van der Waals surface area contributed by atoms with Gasteiger partial charge >= 0.3 is 17.7 Å². The van der Waals surface area contributed by atoms with Crippen LogP contribution in [0.4, 0.5) is 14.9 Å². The Balaban J connectivity index is 2.29. The first-order valence-electron chi connectivity index (χ1n) is 8.24. The molecule has 2 rings (SSSR count). The maximum absolute atomic E-state index is 14.3. The Morgan fingerprint density at radius 1 is 1.29 bits per heavy atom. The van der Waals surface area contributed by atoms with Crippen LogP contribution in [-0.4, -0.2) is 48.4 Å². The van der Waals surface area contributed by atoms with E-state index < -0.39 is 34.6 Å². The van der Waals surface area contributed by atoms with Crippen LogP contribution in [-0.2, 0) is 9.47 Å². The van der Waals surface area contributed by atoms with Crippen LogP contribution in [0.5, 0.6) is 0 Å². The quantitative estimate of drug-likeness (QED) is 0.466. The van der Waals surface area contributed by atoms with Gasteiger partial charge in [-0.25, -0.2) is 18.8 Å². The van der Waals surface area contributed by atoms with Crippen LogP contribution in [0.2, 0.25) is 0 Å². The van der Waals surface area contributed by atoms with Gasteiger partial charge in [0.1, 0.15) is 11.4 Å². The summed E-state index contributed by atoms with van der Waals surface area (Å²) in [6.07, 6.45) is 0.971. The van der Waals surface area contributed by atoms with E-state index in [0.717, 1.165) is 16.8 Å². The molecular weight excluding hydrogens is 375 g/mol. The molecule has 11 heteroatoms. The minimum Gasteiger partial charge on any atom is -0.462 e. The lowest BCUT2D eigenvalue weighted by atomic mass is 10.2. The largest absolute Gasteiger partial charge is 0.462 e. The molecule has 0 fully saturated rings. The van der Waals surface area contributed by atoms with Crippen molar-refractivity contribution >= 4 is 17.7 Å². The summed E-state index contributed by atoms with van der Waals surface area (Å²) in [5.41, 5.74) is -2.26. The van der Waals surface area contributed by atoms with Crippen molar-refractivity contribution < 1.29 is 23.5 Å². The van der Waals surface area contributed by atoms with Gasteiger partial charge in [-0.05, 0) is 19.1 Å². The number of methoxy groups -OCH3 is 1. The lowest BCUT2D eigenvalue weighted by molar-refractivity contribution is 0.0523. The van der Waals surface area contributed by atoms with E-state index in [-0.39, 0.29) is 24.5 Å². The number of halogens is 1. The molecule has 0 saturated heterocycles. The smallest absolute Gasteiger partial charge is 0.345 e. The molecule has 0 aliphatic heterocycles. The van der Waals surface area contributed by atoms with Crippen molar-refractivity contribution in [2.24, 2.45) is 0 Å². The topological polar surface area (TPSA) is 132 Å². The van der Waals surface area contributed by atoms with Crippen molar-refractivity contribution in [1.29, 1.82) is 0 Å². The highest BCUT2D eigenvalue weighted by Gasteiger charge is 2.16. The van der Waals surface area contributed by atoms with E-state index in [2.05, 4.69) is 10.6 Å². The lowest BCUT2D eigenvalue weighted by Gasteiger charge is -2.11. The Morgan fingerprint density at radius 3 is 2.68 bits per heavy atom. The van der Waals surface area contributed by atoms with Gasteiger partial charge in [-0.1, -0.05) is 0 Å². The number of nitrogens with one attached hydrogen (secondary N) is 3. The number of benzene rings is 1. The molecule has 0 aliphatic carbocycles. The fraction of sp³-hybridized carbons (Fsp3) is 0.294. The number of urea groups is 1. The predicted molar refractivity (Wildman–Crippen MR) is 97.5 cm³/mol. The molecule has 28 heavy (non-hydrogen) atoms. The summed E-state index contributed by atoms with van der Waals surface area (Å²) in [5.74, 6) is -1.74. The van der Waals surface area contributed by atoms with Crippen LogP contribution in [0, 0.1) is 5.82 Å². The molecule has 150 valence electrons. The highest BCUT2D eigenvalue weighted by molar-refractivity contribution is 5.89. The fourth-order valence-electron chi connectivity index (χ4n) is 2.21. The van der Waals surface area contributed by atoms with Gasteiger partial charge in [-0.3, -0.25) is 14.3 Å². The third kappa shape index (κ3) is 5.04. The first-order valence-corrected chi connectivity index (χ1v) is 8.24. The van der Waals surface area contributed by atoms with Crippen molar-refractivity contribution in [2.75, 3.05) is 32.2 Å². The van der Waals surface area contributed by atoms with Crippen LogP contribution >= 0.6 is 0 Å². The fourth-order valence-corrected chi connectivity index (χ4v) is 2.21. The normalized spacial score (nSPS) is 10.4. The van der Waals surface area contributed by atoms with E-state index in [1.807, 2.05) is 4.98 Å². The monoisotopic (exact) mass is 394 g/mol. The minimum atomic E-state index is -0.913. The van der Waals surface area contributed by atoms with E-state index in [0.29, 0.717) is 6.61 Å². The van der Waals surface area contributed by atoms with Crippen molar-refractivity contribution in [3.8, 4) is 5.69 Å². The minimum absolute atomic E-state index is 0.0367. The molecule has 0 spiro atoms. The Hall–Kier alpha value is -3.47. The van der Waals surface area contributed by atoms with Gasteiger partial charge in [-0.15, -0.1) is 0 Å². The summed E-state index contributed by atoms with van der Waals surface area (Å²) >= 11 is 0. The summed E-state index contributed by atoms with van der Waals surface area (Å²) in [7, 11) is 1.48. The van der Waals surface area contributed by atoms with Gasteiger partial charge in [0.15, 0.2) is 0 Å². The molecule has 0 bridgehead atoms. The predicted octanol–water partition coefficient (Wildman–Crippen LogP) is 0.609. The van der Waals surface area contributed by atoms with Crippen LogP contribution in [0.1, 0.15) is 17.3 Å². The molecule has 0 radical (unpaired) electrons. The standard InChI is InChI=1S/C17H19FN4O6/c1-3-28-15(24)11-9-22(17(26)21-14(11)23)10-4-5-13(12(18)8-10)20-16(25)19-6-7-27-2/h4-5,8-9H,3,6-7H2,1-2H3,(H2,19,20,25)(H,21,23,26). The first-order chi connectivity index (χ1) is 13.4. The second-order valence-corrected chi connectivity index (χ2v) is 5.43. The van der Waals surface area contributed by atoms with Crippen LogP contribution in [0.3, 0.4) is 0 Å². The molecule has 0 unspecified atom stereocenters. The summed E-state index contributed by atoms with van der Waals surface area (Å²) in [6.45, 7) is 2.14. The number of hydrogen-bond donors (Lipinski definition) is 3. The highest BCUT2D eigenvalue weighted by atomic mass is 19.1. The molecule has 3 N–H and O–H groups in total. The van der Waals surface area contributed by atoms with E-state index in [9.17, 15) is 23.6 Å². The SMILES string of the molecule is CCOC(=O)c1cn(-c2ccc(NC(=O)NCCOC)c(F)c2)c(=O)[nH]c1=O. The summed E-state index contributed by atoms with van der Waals surface area (Å²) < 4.78 is 24.8. The summed E-state index contributed by atoms with van der Waals surface area (Å²) in [6, 6.07) is 2.92. The number of carbonyl (C=O) groups is 2. The number of rotatable bonds is 7. The average Bonchev–Trinajstić information content (AvgIpc) is 2.64. The zero-order chi connectivity index (χ0) is 20.7. The number of anilines is 1. The lowest BCUT2D eigenvalue weighted by Crippen LogP contribution is -2.33. The molecule has 1 aromatic heterocycles. The average molecular weight is 394 g/mol. The number of nitrogens with zero attached hydrogens (tertiary/aromatic N) is 1. The number of carbonyl (C=O) groups excluding carboxylic acids is 2. The number of ether oxygens (including phenoxy) is 2. The van der Waals surface area contributed by atoms with Gasteiger partial charge < -0.3 is 20.1 Å². The molecule has 0 atom stereocenters. The molecule has 0 aliphatic rings. The second kappa shape index (κ2) is 9.46. The number of esters is 1. The van der Waals surface area contributed by atoms with Gasteiger partial charge in [0.05, 0.1) is 24.6 Å². The number of H-pyrrole nitrogens is 1. The Bertz CT molecular complexity index is 984.